The predicted octanol–water partition coefficient (Wildman–Crippen LogP) is 33.1. The van der Waals surface area contributed by atoms with Crippen LogP contribution in [-0.2, 0) is 21.7 Å². The number of pyridine rings is 3. The Morgan fingerprint density at radius 3 is 1.12 bits per heavy atom. The third kappa shape index (κ3) is 11.9. The molecule has 4 aliphatic heterocycles. The van der Waals surface area contributed by atoms with E-state index in [4.69, 9.17) is 9.97 Å². The quantitative estimate of drug-likeness (QED) is 0.152. The van der Waals surface area contributed by atoms with Gasteiger partial charge in [0.25, 0.3) is 0 Å². The van der Waals surface area contributed by atoms with E-state index in [1.54, 1.807) is 0 Å². The van der Waals surface area contributed by atoms with Crippen molar-refractivity contribution in [3.05, 3.63) is 476 Å². The lowest BCUT2D eigenvalue weighted by atomic mass is 9.73. The molecule has 0 N–H and O–H groups in total. The first kappa shape index (κ1) is 80.6. The van der Waals surface area contributed by atoms with E-state index in [2.05, 4.69) is 488 Å². The highest BCUT2D eigenvalue weighted by Gasteiger charge is 2.42. The van der Waals surface area contributed by atoms with Gasteiger partial charge in [-0.05, 0) is 258 Å². The first-order valence-electron chi connectivity index (χ1n) is 48.1. The molecule has 0 saturated carbocycles. The molecule has 25 aromatic rings. The average Bonchev–Trinajstić information content (AvgIpc) is 1.53. The van der Waals surface area contributed by atoms with Gasteiger partial charge in [0.15, 0.2) is 0 Å². The zero-order valence-electron chi connectivity index (χ0n) is 78.0. The molecule has 0 bridgehead atoms. The van der Waals surface area contributed by atoms with E-state index in [9.17, 15) is 0 Å². The van der Waals surface area contributed by atoms with Gasteiger partial charge in [0, 0.05) is 100 Å². The van der Waals surface area contributed by atoms with Crippen molar-refractivity contribution in [3.63, 3.8) is 0 Å². The molecule has 0 radical (unpaired) electrons. The van der Waals surface area contributed by atoms with Gasteiger partial charge in [-0.25, -0.2) is 0 Å². The summed E-state index contributed by atoms with van der Waals surface area (Å²) in [6.07, 6.45) is 7.74. The van der Waals surface area contributed by atoms with Crippen LogP contribution in [0.5, 0.6) is 0 Å². The zero-order chi connectivity index (χ0) is 92.3. The van der Waals surface area contributed by atoms with Crippen LogP contribution in [0.1, 0.15) is 99.9 Å². The first-order valence-corrected chi connectivity index (χ1v) is 48.1. The average molecular weight is 1770 g/mol. The summed E-state index contributed by atoms with van der Waals surface area (Å²) in [5, 5.41) is 9.97. The van der Waals surface area contributed by atoms with Crippen LogP contribution in [-0.4, -0.2) is 37.8 Å². The lowest BCUT2D eigenvalue weighted by Crippen LogP contribution is -2.30. The van der Waals surface area contributed by atoms with Crippen molar-refractivity contribution < 1.29 is 0 Å². The summed E-state index contributed by atoms with van der Waals surface area (Å²) in [6, 6.07) is 149. The molecule has 9 nitrogen and oxygen atoms in total. The molecule has 9 heteroatoms. The van der Waals surface area contributed by atoms with E-state index >= 15 is 0 Å². The monoisotopic (exact) mass is 1770 g/mol. The smallest absolute Gasteiger partial charge is 0.0963 e. The Kier molecular flexibility index (Phi) is 17.7. The molecule has 138 heavy (non-hydrogen) atoms. The van der Waals surface area contributed by atoms with Crippen LogP contribution in [0.4, 0.5) is 17.1 Å². The van der Waals surface area contributed by atoms with Gasteiger partial charge < -0.3 is 27.7 Å². The molecule has 0 unspecified atom stereocenters. The highest BCUT2D eigenvalue weighted by atomic mass is 15.2. The molecule has 0 spiro atoms. The van der Waals surface area contributed by atoms with Crippen molar-refractivity contribution in [2.45, 2.75) is 77.0 Å². The molecule has 0 atom stereocenters. The van der Waals surface area contributed by atoms with E-state index in [1.807, 2.05) is 30.9 Å². The maximum absolute atomic E-state index is 4.97. The second-order valence-electron chi connectivity index (χ2n) is 39.9. The van der Waals surface area contributed by atoms with Crippen LogP contribution in [0.15, 0.2) is 431 Å². The summed E-state index contributed by atoms with van der Waals surface area (Å²) in [4.78, 5) is 16.8. The highest BCUT2D eigenvalue weighted by molar-refractivity contribution is 6.17. The number of para-hydroxylation sites is 6. The van der Waals surface area contributed by atoms with Crippen LogP contribution in [0.25, 0.3) is 193 Å². The van der Waals surface area contributed by atoms with Gasteiger partial charge in [0.05, 0.1) is 101 Å². The molecule has 0 saturated heterocycles. The summed E-state index contributed by atoms with van der Waals surface area (Å²) in [5.74, 6) is 0. The standard InChI is InChI=1S/C50H35N3.C41H33N3.C38H27N3/c1-50(2)42-16-9-10-17-46(42)53-47-18-11-27-51-48(47)41-30-37(31-43(50)49(41)53)36-22-26-45-40(29-36)39-28-35(33-14-7-4-8-15-33)21-25-44(39)52(45)38-23-19-34(20-24-38)32-12-5-3-6-13-32;1-40(2)30-12-5-8-15-34(30)43(35-16-9-6-13-31(35)40)28-21-19-26(20-22-28)27-24-29-38-37(18-11-23-42-38)44-36-17-10-7-14-32(36)41(3,4)33(25-27)39(29)44;1-38(2)31-13-8-12-30-29-19-20-39-23-36(29)41(37(30)31)34-18-16-26(22-32(34)38)40-33-14-7-6-11-27(33)28-17-15-25(21-35(28)40)24-9-4-3-5-10-24/h3-31H,1-2H3;5-25H,1-4H3;3-23H,1-2H3. The van der Waals surface area contributed by atoms with E-state index in [1.165, 1.54) is 222 Å². The molecule has 0 amide bonds. The predicted molar refractivity (Wildman–Crippen MR) is 575 cm³/mol. The molecule has 29 rings (SSSR count). The normalized spacial score (nSPS) is 14.2. The van der Waals surface area contributed by atoms with Gasteiger partial charge in [-0.1, -0.05) is 304 Å². The summed E-state index contributed by atoms with van der Waals surface area (Å²) in [6.45, 7) is 18.8. The third-order valence-corrected chi connectivity index (χ3v) is 30.9. The van der Waals surface area contributed by atoms with Crippen molar-refractivity contribution in [1.82, 2.24) is 37.8 Å². The van der Waals surface area contributed by atoms with Crippen LogP contribution >= 0.6 is 0 Å². The van der Waals surface area contributed by atoms with E-state index in [0.29, 0.717) is 0 Å². The molecular weight excluding hydrogens is 1680 g/mol. The Hall–Kier alpha value is -17.0. The number of anilines is 3. The summed E-state index contributed by atoms with van der Waals surface area (Å²) < 4.78 is 12.1. The molecule has 8 aromatic heterocycles. The summed E-state index contributed by atoms with van der Waals surface area (Å²) in [5.41, 5.74) is 46.2. The van der Waals surface area contributed by atoms with Crippen LogP contribution < -0.4 is 4.90 Å². The maximum Gasteiger partial charge on any atom is 0.0963 e. The lowest BCUT2D eigenvalue weighted by molar-refractivity contribution is 0.629. The van der Waals surface area contributed by atoms with Crippen LogP contribution in [0, 0.1) is 0 Å². The topological polar surface area (TPSA) is 66.6 Å². The Balaban J connectivity index is 0.000000105. The fourth-order valence-corrected chi connectivity index (χ4v) is 24.1. The fourth-order valence-electron chi connectivity index (χ4n) is 24.1. The van der Waals surface area contributed by atoms with Gasteiger partial charge in [-0.3, -0.25) is 15.0 Å². The minimum absolute atomic E-state index is 0.0704. The van der Waals surface area contributed by atoms with Crippen molar-refractivity contribution in [1.29, 1.82) is 0 Å². The van der Waals surface area contributed by atoms with E-state index in [0.717, 1.165) is 33.3 Å². The first-order chi connectivity index (χ1) is 67.5. The third-order valence-electron chi connectivity index (χ3n) is 30.9. The molecule has 4 aliphatic rings. The van der Waals surface area contributed by atoms with Crippen LogP contribution in [0.3, 0.4) is 0 Å². The van der Waals surface area contributed by atoms with Gasteiger partial charge >= 0.3 is 0 Å². The molecule has 12 heterocycles. The van der Waals surface area contributed by atoms with Crippen molar-refractivity contribution in [2.24, 2.45) is 0 Å². The van der Waals surface area contributed by atoms with Crippen LogP contribution in [0.2, 0.25) is 0 Å². The SMILES string of the molecule is CC1(C)c2cc(-n3c4ccccc4c4ccc(-c5ccccc5)cc43)ccc2-n2c3cnccc3c3cccc1c32.CC1(C)c2ccccc2-n2c3cccnc3c3cc(-c4ccc5c(c4)c4cc(-c6ccccc6)ccc4n5-c4ccc(-c5ccccc5)cc4)cc1c32.CC1(C)c2ccccc2N(c2ccc(-c3cc4c5c(c3)c3ncccc3n5-c3ccccc3C4(C)C)cc2)c2ccccc21. The maximum atomic E-state index is 4.97. The number of rotatable bonds is 8. The molecule has 17 aromatic carbocycles. The number of nitrogens with zero attached hydrogens (tertiary/aromatic N) is 9. The number of fused-ring (bicyclic) bond motifs is 23. The summed E-state index contributed by atoms with van der Waals surface area (Å²) in [7, 11) is 0. The van der Waals surface area contributed by atoms with Crippen molar-refractivity contribution in [2.75, 3.05) is 4.90 Å². The minimum atomic E-state index is -0.189. The molecule has 656 valence electrons. The van der Waals surface area contributed by atoms with Gasteiger partial charge in [-0.2, -0.15) is 0 Å². The highest BCUT2D eigenvalue weighted by Crippen LogP contribution is 2.56. The Labute approximate surface area is 800 Å². The van der Waals surface area contributed by atoms with Gasteiger partial charge in [-0.15, -0.1) is 0 Å². The molecule has 0 fully saturated rings. The Morgan fingerprint density at radius 2 is 0.543 bits per heavy atom. The lowest BCUT2D eigenvalue weighted by Gasteiger charge is -2.42. The second kappa shape index (κ2) is 30.2. The molecular formula is C129H95N9. The Bertz CT molecular complexity index is 9330. The van der Waals surface area contributed by atoms with Crippen molar-refractivity contribution >= 4 is 126 Å². The molecule has 0 aliphatic carbocycles. The number of aromatic nitrogens is 8. The van der Waals surface area contributed by atoms with E-state index in [-0.39, 0.29) is 21.7 Å². The number of hydrogen-bond donors (Lipinski definition) is 0. The Morgan fingerprint density at radius 1 is 0.181 bits per heavy atom. The van der Waals surface area contributed by atoms with Gasteiger partial charge in [0.1, 0.15) is 0 Å². The fraction of sp³-hybridized carbons (Fsp3) is 0.0930. The minimum Gasteiger partial charge on any atom is -0.310 e. The number of hydrogen-bond acceptors (Lipinski definition) is 4. The summed E-state index contributed by atoms with van der Waals surface area (Å²) >= 11 is 0. The number of benzene rings is 17. The van der Waals surface area contributed by atoms with E-state index < -0.39 is 0 Å². The zero-order valence-corrected chi connectivity index (χ0v) is 78.0. The largest absolute Gasteiger partial charge is 0.310 e. The second-order valence-corrected chi connectivity index (χ2v) is 39.9. The van der Waals surface area contributed by atoms with Gasteiger partial charge in [0.2, 0.25) is 0 Å². The van der Waals surface area contributed by atoms with Crippen molar-refractivity contribution in [3.8, 4) is 84.1 Å².